The quantitative estimate of drug-likeness (QED) is 0.818. The van der Waals surface area contributed by atoms with Crippen molar-refractivity contribution in [2.45, 2.75) is 6.10 Å². The molecule has 0 saturated carbocycles. The number of rotatable bonds is 2. The number of ether oxygens (including phenoxy) is 2. The first-order valence-corrected chi connectivity index (χ1v) is 5.54. The Morgan fingerprint density at radius 2 is 2.40 bits per heavy atom. The van der Waals surface area contributed by atoms with Gasteiger partial charge in [-0.05, 0) is 30.0 Å². The van der Waals surface area contributed by atoms with Crippen LogP contribution in [0.2, 0.25) is 0 Å². The lowest BCUT2D eigenvalue weighted by Gasteiger charge is -2.27. The van der Waals surface area contributed by atoms with E-state index < -0.39 is 0 Å². The molecule has 5 heteroatoms. The van der Waals surface area contributed by atoms with Gasteiger partial charge in [-0.1, -0.05) is 0 Å². The molecule has 0 saturated heterocycles. The predicted octanol–water partition coefficient (Wildman–Crippen LogP) is 1.55. The zero-order valence-electron chi connectivity index (χ0n) is 8.74. The van der Waals surface area contributed by atoms with E-state index in [9.17, 15) is 0 Å². The maximum Gasteiger partial charge on any atom is 0.257 e. The van der Waals surface area contributed by atoms with E-state index in [1.807, 2.05) is 20.2 Å². The number of aromatic nitrogens is 1. The Hall–Kier alpha value is -0.810. The van der Waals surface area contributed by atoms with Gasteiger partial charge in [-0.2, -0.15) is 0 Å². The van der Waals surface area contributed by atoms with Gasteiger partial charge in [0.2, 0.25) is 0 Å². The second-order valence-corrected chi connectivity index (χ2v) is 4.69. The van der Waals surface area contributed by atoms with Crippen LogP contribution in [-0.4, -0.2) is 43.2 Å². The molecule has 15 heavy (non-hydrogen) atoms. The van der Waals surface area contributed by atoms with Crippen molar-refractivity contribution in [2.24, 2.45) is 0 Å². The average molecular weight is 273 g/mol. The highest BCUT2D eigenvalue weighted by molar-refractivity contribution is 9.10. The van der Waals surface area contributed by atoms with Crippen molar-refractivity contribution in [3.63, 3.8) is 0 Å². The van der Waals surface area contributed by atoms with E-state index in [4.69, 9.17) is 9.47 Å². The fraction of sp³-hybridized carbons (Fsp3) is 0.500. The third-order valence-corrected chi connectivity index (χ3v) is 2.49. The molecule has 1 atom stereocenters. The van der Waals surface area contributed by atoms with E-state index in [1.54, 1.807) is 6.20 Å². The molecule has 0 fully saturated rings. The highest BCUT2D eigenvalue weighted by Crippen LogP contribution is 2.31. The van der Waals surface area contributed by atoms with E-state index in [2.05, 4.69) is 25.8 Å². The molecule has 82 valence electrons. The van der Waals surface area contributed by atoms with Crippen LogP contribution in [0.3, 0.4) is 0 Å². The second kappa shape index (κ2) is 4.37. The van der Waals surface area contributed by atoms with Crippen LogP contribution in [-0.2, 0) is 0 Å². The molecule has 0 amide bonds. The monoisotopic (exact) mass is 272 g/mol. The summed E-state index contributed by atoms with van der Waals surface area (Å²) in [5.74, 6) is 1.29. The fourth-order valence-corrected chi connectivity index (χ4v) is 1.78. The molecule has 0 N–H and O–H groups in total. The molecule has 1 aliphatic heterocycles. The highest BCUT2D eigenvalue weighted by Gasteiger charge is 2.22. The number of halogens is 1. The van der Waals surface area contributed by atoms with Crippen molar-refractivity contribution in [3.8, 4) is 11.6 Å². The van der Waals surface area contributed by atoms with E-state index >= 15 is 0 Å². The Bertz CT molecular complexity index is 357. The lowest BCUT2D eigenvalue weighted by molar-refractivity contribution is 0.0656. The maximum absolute atomic E-state index is 5.70. The van der Waals surface area contributed by atoms with Crippen molar-refractivity contribution in [1.82, 2.24) is 9.88 Å². The summed E-state index contributed by atoms with van der Waals surface area (Å²) in [5, 5.41) is 0. The molecule has 0 spiro atoms. The summed E-state index contributed by atoms with van der Waals surface area (Å²) in [5.41, 5.74) is 0. The average Bonchev–Trinajstić information content (AvgIpc) is 2.17. The summed E-state index contributed by atoms with van der Waals surface area (Å²) in [6.45, 7) is 1.40. The SMILES string of the molecule is CN(C)CC1COc2cc(Br)cnc2O1. The van der Waals surface area contributed by atoms with Crippen LogP contribution in [0.4, 0.5) is 0 Å². The Balaban J connectivity index is 2.10. The van der Waals surface area contributed by atoms with Gasteiger partial charge in [-0.15, -0.1) is 0 Å². The fourth-order valence-electron chi connectivity index (χ4n) is 1.47. The summed E-state index contributed by atoms with van der Waals surface area (Å²) < 4.78 is 12.2. The van der Waals surface area contributed by atoms with Crippen molar-refractivity contribution >= 4 is 15.9 Å². The molecule has 0 aromatic carbocycles. The first-order chi connectivity index (χ1) is 7.15. The van der Waals surface area contributed by atoms with E-state index in [0.29, 0.717) is 18.2 Å². The molecule has 2 rings (SSSR count). The topological polar surface area (TPSA) is 34.6 Å². The first-order valence-electron chi connectivity index (χ1n) is 4.75. The van der Waals surface area contributed by atoms with Crippen LogP contribution >= 0.6 is 15.9 Å². The van der Waals surface area contributed by atoms with Crippen LogP contribution in [0, 0.1) is 0 Å². The minimum Gasteiger partial charge on any atom is -0.484 e. The zero-order valence-corrected chi connectivity index (χ0v) is 10.3. The lowest BCUT2D eigenvalue weighted by Crippen LogP contribution is -2.38. The first kappa shape index (κ1) is 10.7. The Morgan fingerprint density at radius 3 is 3.13 bits per heavy atom. The number of fused-ring (bicyclic) bond motifs is 1. The summed E-state index contributed by atoms with van der Waals surface area (Å²) in [7, 11) is 4.02. The third kappa shape index (κ3) is 2.60. The van der Waals surface area contributed by atoms with Gasteiger partial charge in [0.15, 0.2) is 5.75 Å². The molecule has 1 unspecified atom stereocenters. The minimum absolute atomic E-state index is 0.0566. The van der Waals surface area contributed by atoms with Gasteiger partial charge >= 0.3 is 0 Å². The third-order valence-electron chi connectivity index (χ3n) is 2.06. The molecule has 1 aromatic rings. The summed E-state index contributed by atoms with van der Waals surface area (Å²) in [6.07, 6.45) is 1.77. The summed E-state index contributed by atoms with van der Waals surface area (Å²) in [4.78, 5) is 6.23. The summed E-state index contributed by atoms with van der Waals surface area (Å²) >= 11 is 3.34. The van der Waals surface area contributed by atoms with Crippen LogP contribution < -0.4 is 9.47 Å². The van der Waals surface area contributed by atoms with Gasteiger partial charge in [0.25, 0.3) is 5.88 Å². The molecule has 2 heterocycles. The molecular weight excluding hydrogens is 260 g/mol. The number of hydrogen-bond acceptors (Lipinski definition) is 4. The van der Waals surface area contributed by atoms with Crippen LogP contribution in [0.15, 0.2) is 16.7 Å². The van der Waals surface area contributed by atoms with E-state index in [1.165, 1.54) is 0 Å². The number of nitrogens with zero attached hydrogens (tertiary/aromatic N) is 2. The number of hydrogen-bond donors (Lipinski definition) is 0. The van der Waals surface area contributed by atoms with Crippen LogP contribution in [0.25, 0.3) is 0 Å². The lowest BCUT2D eigenvalue weighted by atomic mass is 10.3. The Morgan fingerprint density at radius 1 is 1.60 bits per heavy atom. The molecule has 1 aliphatic rings. The van der Waals surface area contributed by atoms with Crippen molar-refractivity contribution in [2.75, 3.05) is 27.2 Å². The number of likely N-dealkylation sites (N-methyl/N-ethyl adjacent to an activating group) is 1. The van der Waals surface area contributed by atoms with Gasteiger partial charge in [0, 0.05) is 23.3 Å². The Kier molecular flexibility index (Phi) is 3.11. The largest absolute Gasteiger partial charge is 0.484 e. The molecule has 0 bridgehead atoms. The number of pyridine rings is 1. The van der Waals surface area contributed by atoms with Gasteiger partial charge in [0.1, 0.15) is 12.7 Å². The standard InChI is InChI=1S/C10H13BrN2O2/c1-13(2)5-8-6-14-9-3-7(11)4-12-10(9)15-8/h3-4,8H,5-6H2,1-2H3. The smallest absolute Gasteiger partial charge is 0.257 e. The predicted molar refractivity (Wildman–Crippen MR) is 60.4 cm³/mol. The minimum atomic E-state index is 0.0566. The van der Waals surface area contributed by atoms with Gasteiger partial charge < -0.3 is 14.4 Å². The molecule has 1 aromatic heterocycles. The van der Waals surface area contributed by atoms with Gasteiger partial charge in [-0.25, -0.2) is 4.98 Å². The maximum atomic E-state index is 5.70. The van der Waals surface area contributed by atoms with E-state index in [0.717, 1.165) is 11.0 Å². The van der Waals surface area contributed by atoms with Crippen molar-refractivity contribution in [1.29, 1.82) is 0 Å². The van der Waals surface area contributed by atoms with Gasteiger partial charge in [-0.3, -0.25) is 0 Å². The Labute approximate surface area is 97.3 Å². The molecule has 4 nitrogen and oxygen atoms in total. The van der Waals surface area contributed by atoms with Gasteiger partial charge in [0.05, 0.1) is 0 Å². The van der Waals surface area contributed by atoms with E-state index in [-0.39, 0.29) is 6.10 Å². The van der Waals surface area contributed by atoms with Crippen molar-refractivity contribution in [3.05, 3.63) is 16.7 Å². The normalized spacial score (nSPS) is 19.3. The summed E-state index contributed by atoms with van der Waals surface area (Å²) in [6, 6.07) is 1.87. The van der Waals surface area contributed by atoms with Crippen LogP contribution in [0.1, 0.15) is 0 Å². The van der Waals surface area contributed by atoms with Crippen LogP contribution in [0.5, 0.6) is 11.6 Å². The van der Waals surface area contributed by atoms with Crippen molar-refractivity contribution < 1.29 is 9.47 Å². The zero-order chi connectivity index (χ0) is 10.8. The molecular formula is C10H13BrN2O2. The second-order valence-electron chi connectivity index (χ2n) is 3.77. The molecule has 0 radical (unpaired) electrons. The molecule has 0 aliphatic carbocycles. The highest BCUT2D eigenvalue weighted by atomic mass is 79.9.